The maximum Gasteiger partial charge on any atom is 0.347 e. The number of aryl methyl sites for hydroxylation is 1. The van der Waals surface area contributed by atoms with E-state index in [2.05, 4.69) is 20.3 Å². The van der Waals surface area contributed by atoms with Crippen LogP contribution in [0.4, 0.5) is 17.6 Å². The number of esters is 1. The van der Waals surface area contributed by atoms with E-state index in [1.165, 1.54) is 0 Å². The Balaban J connectivity index is 1.60. The largest absolute Gasteiger partial charge is 0.479 e. The number of carbonyl (C=O) groups is 1. The average Bonchev–Trinajstić information content (AvgIpc) is 2.74. The molecule has 0 fully saturated rings. The number of nitrogens with zero attached hydrogens (tertiary/aromatic N) is 4. The van der Waals surface area contributed by atoms with Crippen LogP contribution < -0.4 is 15.8 Å². The zero-order chi connectivity index (χ0) is 21.5. The van der Waals surface area contributed by atoms with Crippen molar-refractivity contribution in [1.29, 1.82) is 5.26 Å². The molecule has 1 heterocycles. The summed E-state index contributed by atoms with van der Waals surface area (Å²) in [5, 5.41) is 11.9. The van der Waals surface area contributed by atoms with Gasteiger partial charge in [0.2, 0.25) is 11.9 Å². The lowest BCUT2D eigenvalue weighted by Gasteiger charge is -2.14. The van der Waals surface area contributed by atoms with Crippen molar-refractivity contribution in [2.24, 2.45) is 0 Å². The second-order valence-corrected chi connectivity index (χ2v) is 6.38. The minimum Gasteiger partial charge on any atom is -0.479 e. The van der Waals surface area contributed by atoms with Crippen molar-refractivity contribution < 1.29 is 14.3 Å². The van der Waals surface area contributed by atoms with Crippen molar-refractivity contribution in [3.63, 3.8) is 0 Å². The summed E-state index contributed by atoms with van der Waals surface area (Å²) in [4.78, 5) is 24.5. The molecule has 0 aliphatic heterocycles. The molecular formula is C21H20N6O3. The van der Waals surface area contributed by atoms with Gasteiger partial charge in [-0.3, -0.25) is 0 Å². The lowest BCUT2D eigenvalue weighted by molar-refractivity contribution is -0.152. The molecule has 0 amide bonds. The maximum absolute atomic E-state index is 12.2. The van der Waals surface area contributed by atoms with E-state index in [-0.39, 0.29) is 24.3 Å². The Morgan fingerprint density at radius 3 is 2.60 bits per heavy atom. The van der Waals surface area contributed by atoms with E-state index in [1.54, 1.807) is 31.2 Å². The van der Waals surface area contributed by atoms with E-state index in [9.17, 15) is 4.79 Å². The smallest absolute Gasteiger partial charge is 0.347 e. The fourth-order valence-corrected chi connectivity index (χ4v) is 2.51. The number of nitrogens with two attached hydrogens (primary N) is 1. The quantitative estimate of drug-likeness (QED) is 0.569. The van der Waals surface area contributed by atoms with Gasteiger partial charge in [0, 0.05) is 5.69 Å². The van der Waals surface area contributed by atoms with Gasteiger partial charge in [0.05, 0.1) is 11.6 Å². The predicted octanol–water partition coefficient (Wildman–Crippen LogP) is 2.89. The van der Waals surface area contributed by atoms with Gasteiger partial charge in [0.1, 0.15) is 5.75 Å². The number of para-hydroxylation sites is 1. The summed E-state index contributed by atoms with van der Waals surface area (Å²) in [7, 11) is 0. The number of anilines is 3. The molecule has 9 nitrogen and oxygen atoms in total. The van der Waals surface area contributed by atoms with Gasteiger partial charge in [0.25, 0.3) is 0 Å². The first-order chi connectivity index (χ1) is 14.4. The second kappa shape index (κ2) is 9.34. The maximum atomic E-state index is 12.2. The highest BCUT2D eigenvalue weighted by Gasteiger charge is 2.17. The highest BCUT2D eigenvalue weighted by Crippen LogP contribution is 2.18. The van der Waals surface area contributed by atoms with Crippen molar-refractivity contribution in [1.82, 2.24) is 15.0 Å². The van der Waals surface area contributed by atoms with Gasteiger partial charge in [-0.05, 0) is 49.7 Å². The molecule has 3 aromatic rings. The van der Waals surface area contributed by atoms with E-state index in [1.807, 2.05) is 37.3 Å². The molecule has 9 heteroatoms. The molecular weight excluding hydrogens is 384 g/mol. The van der Waals surface area contributed by atoms with E-state index >= 15 is 0 Å². The van der Waals surface area contributed by atoms with Crippen LogP contribution in [0.3, 0.4) is 0 Å². The molecule has 2 aromatic carbocycles. The Morgan fingerprint density at radius 1 is 1.17 bits per heavy atom. The molecule has 152 valence electrons. The average molecular weight is 404 g/mol. The number of benzene rings is 2. The summed E-state index contributed by atoms with van der Waals surface area (Å²) in [6, 6.07) is 16.1. The third-order valence-corrected chi connectivity index (χ3v) is 4.06. The fourth-order valence-electron chi connectivity index (χ4n) is 2.51. The molecule has 0 radical (unpaired) electrons. The van der Waals surface area contributed by atoms with Crippen molar-refractivity contribution in [3.8, 4) is 11.8 Å². The number of rotatable bonds is 7. The van der Waals surface area contributed by atoms with Crippen LogP contribution >= 0.6 is 0 Å². The molecule has 30 heavy (non-hydrogen) atoms. The van der Waals surface area contributed by atoms with Gasteiger partial charge in [-0.1, -0.05) is 18.2 Å². The molecule has 0 aliphatic rings. The van der Waals surface area contributed by atoms with Crippen LogP contribution in [0, 0.1) is 18.3 Å². The minimum absolute atomic E-state index is 0.00835. The van der Waals surface area contributed by atoms with Crippen molar-refractivity contribution in [3.05, 3.63) is 65.5 Å². The number of nitrogen functional groups attached to an aromatic ring is 1. The Kier molecular flexibility index (Phi) is 6.39. The second-order valence-electron chi connectivity index (χ2n) is 6.38. The van der Waals surface area contributed by atoms with Crippen LogP contribution in [-0.2, 0) is 16.1 Å². The van der Waals surface area contributed by atoms with E-state index in [4.69, 9.17) is 20.5 Å². The van der Waals surface area contributed by atoms with Gasteiger partial charge in [-0.2, -0.15) is 20.2 Å². The first-order valence-electron chi connectivity index (χ1n) is 9.11. The first-order valence-corrected chi connectivity index (χ1v) is 9.11. The summed E-state index contributed by atoms with van der Waals surface area (Å²) in [5.74, 6) is 0.329. The number of nitriles is 1. The van der Waals surface area contributed by atoms with Gasteiger partial charge in [-0.15, -0.1) is 0 Å². The van der Waals surface area contributed by atoms with Gasteiger partial charge >= 0.3 is 5.97 Å². The van der Waals surface area contributed by atoms with Crippen LogP contribution in [0.15, 0.2) is 48.5 Å². The van der Waals surface area contributed by atoms with Crippen LogP contribution in [0.25, 0.3) is 0 Å². The molecule has 0 saturated heterocycles. The SMILES string of the molecule is Cc1ccccc1Nc1nc(N)nc(COC(=O)[C@@H](C)Oc2ccc(C#N)cc2)n1. The lowest BCUT2D eigenvalue weighted by Crippen LogP contribution is -2.26. The standard InChI is InChI=1S/C21H20N6O3/c1-13-5-3-4-6-17(13)24-21-26-18(25-20(23)27-21)12-29-19(28)14(2)30-16-9-7-15(11-22)8-10-16/h3-10,14H,12H2,1-2H3,(H3,23,24,25,26,27)/t14-/m1/s1. The molecule has 0 bridgehead atoms. The summed E-state index contributed by atoms with van der Waals surface area (Å²) in [5.41, 5.74) is 8.09. The Morgan fingerprint density at radius 2 is 1.90 bits per heavy atom. The lowest BCUT2D eigenvalue weighted by atomic mass is 10.2. The van der Waals surface area contributed by atoms with E-state index < -0.39 is 12.1 Å². The monoisotopic (exact) mass is 404 g/mol. The topological polar surface area (TPSA) is 136 Å². The normalized spacial score (nSPS) is 11.2. The highest BCUT2D eigenvalue weighted by molar-refractivity contribution is 5.74. The minimum atomic E-state index is -0.860. The molecule has 3 rings (SSSR count). The number of hydrogen-bond acceptors (Lipinski definition) is 9. The van der Waals surface area contributed by atoms with Crippen LogP contribution in [0.2, 0.25) is 0 Å². The molecule has 0 spiro atoms. The molecule has 1 aromatic heterocycles. The number of hydrogen-bond donors (Lipinski definition) is 2. The van der Waals surface area contributed by atoms with Crippen LogP contribution in [0.5, 0.6) is 5.75 Å². The summed E-state index contributed by atoms with van der Waals surface area (Å²) >= 11 is 0. The fraction of sp³-hybridized carbons (Fsp3) is 0.190. The molecule has 3 N–H and O–H groups in total. The summed E-state index contributed by atoms with van der Waals surface area (Å²) < 4.78 is 10.8. The van der Waals surface area contributed by atoms with Crippen LogP contribution in [0.1, 0.15) is 23.9 Å². The van der Waals surface area contributed by atoms with Crippen LogP contribution in [-0.4, -0.2) is 27.0 Å². The summed E-state index contributed by atoms with van der Waals surface area (Å²) in [6.07, 6.45) is -0.860. The highest BCUT2D eigenvalue weighted by atomic mass is 16.6. The number of nitrogens with one attached hydrogen (secondary N) is 1. The Labute approximate surface area is 173 Å². The zero-order valence-electron chi connectivity index (χ0n) is 16.5. The van der Waals surface area contributed by atoms with Gasteiger partial charge < -0.3 is 20.5 Å². The number of carbonyl (C=O) groups excluding carboxylic acids is 1. The Bertz CT molecular complexity index is 1080. The van der Waals surface area contributed by atoms with E-state index in [0.717, 1.165) is 11.3 Å². The molecule has 1 atom stereocenters. The number of ether oxygens (including phenoxy) is 2. The van der Waals surface area contributed by atoms with E-state index in [0.29, 0.717) is 11.3 Å². The predicted molar refractivity (Wildman–Crippen MR) is 110 cm³/mol. The van der Waals surface area contributed by atoms with Gasteiger partial charge in [0.15, 0.2) is 18.5 Å². The zero-order valence-corrected chi connectivity index (χ0v) is 16.5. The Hall–Kier alpha value is -4.19. The van der Waals surface area contributed by atoms with Gasteiger partial charge in [-0.25, -0.2) is 4.79 Å². The third kappa shape index (κ3) is 5.42. The molecule has 0 unspecified atom stereocenters. The van der Waals surface area contributed by atoms with Crippen molar-refractivity contribution >= 4 is 23.6 Å². The molecule has 0 aliphatic carbocycles. The number of aromatic nitrogens is 3. The van der Waals surface area contributed by atoms with Crippen molar-refractivity contribution in [2.75, 3.05) is 11.1 Å². The van der Waals surface area contributed by atoms with Crippen molar-refractivity contribution in [2.45, 2.75) is 26.6 Å². The summed E-state index contributed by atoms with van der Waals surface area (Å²) in [6.45, 7) is 3.33. The first kappa shape index (κ1) is 20.5. The molecule has 0 saturated carbocycles. The third-order valence-electron chi connectivity index (χ3n) is 4.06.